The Morgan fingerprint density at radius 2 is 2.20 bits per heavy atom. The van der Waals surface area contributed by atoms with Crippen LogP contribution in [0, 0.1) is 3.57 Å². The van der Waals surface area contributed by atoms with Gasteiger partial charge in [0.15, 0.2) is 0 Å². The normalized spacial score (nSPS) is 18.8. The van der Waals surface area contributed by atoms with E-state index in [1.165, 1.54) is 3.57 Å². The summed E-state index contributed by atoms with van der Waals surface area (Å²) < 4.78 is 6.99. The largest absolute Gasteiger partial charge is 0.494 e. The first kappa shape index (κ1) is 20.2. The maximum Gasteiger partial charge on any atom is 0.120 e. The standard InChI is InChI=1S/C14H21IN2O.2ClH/c1-12-11-16-6-8-17(12)7-3-9-18-14-5-2-4-13(15)10-14;;/h2,4-5,10,12,16H,3,6-9,11H2,1H3;2*1H. The van der Waals surface area contributed by atoms with Crippen LogP contribution in [0.4, 0.5) is 0 Å². The van der Waals surface area contributed by atoms with Crippen molar-refractivity contribution in [3.05, 3.63) is 27.8 Å². The minimum Gasteiger partial charge on any atom is -0.494 e. The molecule has 1 aromatic carbocycles. The Hall–Kier alpha value is 0.250. The van der Waals surface area contributed by atoms with Crippen LogP contribution in [0.5, 0.6) is 5.75 Å². The maximum atomic E-state index is 5.77. The molecule has 0 aliphatic carbocycles. The molecule has 6 heteroatoms. The zero-order valence-electron chi connectivity index (χ0n) is 11.7. The number of hydrogen-bond acceptors (Lipinski definition) is 3. The van der Waals surface area contributed by atoms with Crippen LogP contribution >= 0.6 is 47.4 Å². The second-order valence-electron chi connectivity index (χ2n) is 4.75. The van der Waals surface area contributed by atoms with Gasteiger partial charge in [-0.2, -0.15) is 0 Å². The van der Waals surface area contributed by atoms with E-state index in [0.29, 0.717) is 6.04 Å². The van der Waals surface area contributed by atoms with E-state index in [0.717, 1.165) is 45.0 Å². The molecule has 0 aromatic heterocycles. The Balaban J connectivity index is 0.00000180. The van der Waals surface area contributed by atoms with E-state index in [1.54, 1.807) is 0 Å². The summed E-state index contributed by atoms with van der Waals surface area (Å²) in [6.45, 7) is 7.60. The van der Waals surface area contributed by atoms with Gasteiger partial charge >= 0.3 is 0 Å². The van der Waals surface area contributed by atoms with Crippen LogP contribution < -0.4 is 10.1 Å². The molecular weight excluding hydrogens is 410 g/mol. The molecule has 116 valence electrons. The number of rotatable bonds is 5. The molecule has 1 N–H and O–H groups in total. The van der Waals surface area contributed by atoms with Crippen LogP contribution in [0.2, 0.25) is 0 Å². The predicted octanol–water partition coefficient (Wildman–Crippen LogP) is 3.20. The molecule has 1 atom stereocenters. The number of nitrogens with one attached hydrogen (secondary N) is 1. The smallest absolute Gasteiger partial charge is 0.120 e. The third-order valence-electron chi connectivity index (χ3n) is 3.29. The molecule has 1 aromatic rings. The van der Waals surface area contributed by atoms with Gasteiger partial charge in [0.2, 0.25) is 0 Å². The fourth-order valence-corrected chi connectivity index (χ4v) is 2.74. The summed E-state index contributed by atoms with van der Waals surface area (Å²) >= 11 is 2.31. The molecule has 0 saturated carbocycles. The van der Waals surface area contributed by atoms with Crippen molar-refractivity contribution in [2.75, 3.05) is 32.8 Å². The fourth-order valence-electron chi connectivity index (χ4n) is 2.23. The minimum atomic E-state index is 0. The Morgan fingerprint density at radius 1 is 1.40 bits per heavy atom. The molecule has 3 nitrogen and oxygen atoms in total. The van der Waals surface area contributed by atoms with Gasteiger partial charge in [-0.15, -0.1) is 24.8 Å². The molecule has 1 aliphatic rings. The van der Waals surface area contributed by atoms with Gasteiger partial charge in [-0.05, 0) is 54.1 Å². The average Bonchev–Trinajstić information content (AvgIpc) is 2.37. The Kier molecular flexibility index (Phi) is 11.0. The number of ether oxygens (including phenoxy) is 1. The first-order valence-electron chi connectivity index (χ1n) is 6.59. The van der Waals surface area contributed by atoms with Crippen LogP contribution in [0.25, 0.3) is 0 Å². The highest BCUT2D eigenvalue weighted by molar-refractivity contribution is 14.1. The minimum absolute atomic E-state index is 0. The summed E-state index contributed by atoms with van der Waals surface area (Å²) in [6.07, 6.45) is 1.09. The Labute approximate surface area is 147 Å². The van der Waals surface area contributed by atoms with Crippen molar-refractivity contribution in [2.24, 2.45) is 0 Å². The van der Waals surface area contributed by atoms with Crippen molar-refractivity contribution in [2.45, 2.75) is 19.4 Å². The van der Waals surface area contributed by atoms with Gasteiger partial charge in [0.1, 0.15) is 5.75 Å². The first-order chi connectivity index (χ1) is 8.75. The lowest BCUT2D eigenvalue weighted by molar-refractivity contribution is 0.160. The monoisotopic (exact) mass is 432 g/mol. The molecule has 1 fully saturated rings. The van der Waals surface area contributed by atoms with E-state index in [9.17, 15) is 0 Å². The van der Waals surface area contributed by atoms with Gasteiger partial charge in [0.05, 0.1) is 6.61 Å². The maximum absolute atomic E-state index is 5.77. The second kappa shape index (κ2) is 10.9. The lowest BCUT2D eigenvalue weighted by Gasteiger charge is -2.33. The van der Waals surface area contributed by atoms with Crippen LogP contribution in [-0.4, -0.2) is 43.7 Å². The van der Waals surface area contributed by atoms with Crippen LogP contribution in [0.15, 0.2) is 24.3 Å². The zero-order chi connectivity index (χ0) is 12.8. The third-order valence-corrected chi connectivity index (χ3v) is 3.96. The molecule has 0 spiro atoms. The van der Waals surface area contributed by atoms with Crippen molar-refractivity contribution in [1.82, 2.24) is 10.2 Å². The molecule has 1 unspecified atom stereocenters. The topological polar surface area (TPSA) is 24.5 Å². The van der Waals surface area contributed by atoms with Gasteiger partial charge in [0, 0.05) is 35.8 Å². The van der Waals surface area contributed by atoms with Crippen molar-refractivity contribution in [3.8, 4) is 5.75 Å². The molecule has 1 aliphatic heterocycles. The van der Waals surface area contributed by atoms with Crippen molar-refractivity contribution < 1.29 is 4.74 Å². The van der Waals surface area contributed by atoms with Crippen molar-refractivity contribution in [1.29, 1.82) is 0 Å². The molecule has 2 rings (SSSR count). The van der Waals surface area contributed by atoms with Gasteiger partial charge in [-0.25, -0.2) is 0 Å². The van der Waals surface area contributed by atoms with Crippen LogP contribution in [0.1, 0.15) is 13.3 Å². The lowest BCUT2D eigenvalue weighted by Crippen LogP contribution is -2.50. The van der Waals surface area contributed by atoms with Gasteiger partial charge in [-0.3, -0.25) is 4.90 Å². The van der Waals surface area contributed by atoms with Gasteiger partial charge < -0.3 is 10.1 Å². The average molecular weight is 433 g/mol. The molecular formula is C14H23Cl2IN2O. The summed E-state index contributed by atoms with van der Waals surface area (Å²) in [4.78, 5) is 2.54. The van der Waals surface area contributed by atoms with E-state index in [1.807, 2.05) is 12.1 Å². The summed E-state index contributed by atoms with van der Waals surface area (Å²) in [5, 5.41) is 3.41. The highest BCUT2D eigenvalue weighted by Gasteiger charge is 2.16. The van der Waals surface area contributed by atoms with E-state index in [4.69, 9.17) is 4.74 Å². The predicted molar refractivity (Wildman–Crippen MR) is 97.7 cm³/mol. The molecule has 1 saturated heterocycles. The van der Waals surface area contributed by atoms with E-state index >= 15 is 0 Å². The quantitative estimate of drug-likeness (QED) is 0.571. The molecule has 0 bridgehead atoms. The summed E-state index contributed by atoms with van der Waals surface area (Å²) in [5.41, 5.74) is 0. The summed E-state index contributed by atoms with van der Waals surface area (Å²) in [6, 6.07) is 8.87. The van der Waals surface area contributed by atoms with E-state index in [-0.39, 0.29) is 24.8 Å². The highest BCUT2D eigenvalue weighted by atomic mass is 127. The van der Waals surface area contributed by atoms with Crippen LogP contribution in [0.3, 0.4) is 0 Å². The fraction of sp³-hybridized carbons (Fsp3) is 0.571. The first-order valence-corrected chi connectivity index (χ1v) is 7.67. The van der Waals surface area contributed by atoms with Gasteiger partial charge in [-0.1, -0.05) is 6.07 Å². The SMILES string of the molecule is CC1CNCCN1CCCOc1cccc(I)c1.Cl.Cl. The van der Waals surface area contributed by atoms with Gasteiger partial charge in [0.25, 0.3) is 0 Å². The molecule has 0 amide bonds. The summed E-state index contributed by atoms with van der Waals surface area (Å²) in [5.74, 6) is 0.982. The third kappa shape index (κ3) is 6.80. The van der Waals surface area contributed by atoms with Crippen LogP contribution in [-0.2, 0) is 0 Å². The number of piperazine rings is 1. The highest BCUT2D eigenvalue weighted by Crippen LogP contribution is 2.15. The summed E-state index contributed by atoms with van der Waals surface area (Å²) in [7, 11) is 0. The van der Waals surface area contributed by atoms with Crippen molar-refractivity contribution in [3.63, 3.8) is 0 Å². The van der Waals surface area contributed by atoms with E-state index in [2.05, 4.69) is 51.9 Å². The number of nitrogens with zero attached hydrogens (tertiary/aromatic N) is 1. The number of hydrogen-bond donors (Lipinski definition) is 1. The molecule has 20 heavy (non-hydrogen) atoms. The molecule has 0 radical (unpaired) electrons. The number of benzene rings is 1. The second-order valence-corrected chi connectivity index (χ2v) is 5.99. The van der Waals surface area contributed by atoms with Crippen molar-refractivity contribution >= 4 is 47.4 Å². The number of halogens is 3. The molecule has 1 heterocycles. The lowest BCUT2D eigenvalue weighted by atomic mass is 10.2. The Bertz CT molecular complexity index is 382. The Morgan fingerprint density at radius 3 is 2.90 bits per heavy atom. The van der Waals surface area contributed by atoms with E-state index < -0.39 is 0 Å². The zero-order valence-corrected chi connectivity index (χ0v) is 15.5.